The Labute approximate surface area is 65.0 Å². The Kier molecular flexibility index (Phi) is 3.23. The van der Waals surface area contributed by atoms with Crippen molar-refractivity contribution in [2.75, 3.05) is 6.61 Å². The summed E-state index contributed by atoms with van der Waals surface area (Å²) >= 11 is 2.32. The lowest BCUT2D eigenvalue weighted by Crippen LogP contribution is -2.45. The van der Waals surface area contributed by atoms with Crippen LogP contribution in [-0.2, 0) is 4.79 Å². The number of carboxylic acid groups (broad SMARTS) is 1. The van der Waals surface area contributed by atoms with Crippen molar-refractivity contribution in [2.24, 2.45) is 0 Å². The van der Waals surface area contributed by atoms with Crippen LogP contribution in [0.15, 0.2) is 0 Å². The number of alkyl halides is 1. The summed E-state index contributed by atoms with van der Waals surface area (Å²) in [6.07, 6.45) is -1.73. The zero-order chi connectivity index (χ0) is 8.36. The van der Waals surface area contributed by atoms with Gasteiger partial charge >= 0.3 is 5.97 Å². The molecule has 0 radical (unpaired) electrons. The molecule has 0 aromatic heterocycles. The predicted molar refractivity (Wildman–Crippen MR) is 34.6 cm³/mol. The summed E-state index contributed by atoms with van der Waals surface area (Å²) in [5.41, 5.74) is 0. The molecule has 0 heterocycles. The molecule has 0 rings (SSSR count). The van der Waals surface area contributed by atoms with Gasteiger partial charge in [0, 0.05) is 0 Å². The van der Waals surface area contributed by atoms with Crippen LogP contribution in [0.3, 0.4) is 0 Å². The Morgan fingerprint density at radius 2 is 2.10 bits per heavy atom. The number of carbonyl (C=O) groups is 1. The van der Waals surface area contributed by atoms with Gasteiger partial charge < -0.3 is 20.4 Å². The first-order valence-corrected chi connectivity index (χ1v) is 3.15. The highest BCUT2D eigenvalue weighted by Crippen LogP contribution is 2.18. The largest absolute Gasteiger partial charge is 0.478 e. The number of aliphatic carboxylic acids is 1. The first kappa shape index (κ1) is 9.83. The maximum Gasteiger partial charge on any atom is 0.349 e. The van der Waals surface area contributed by atoms with Crippen molar-refractivity contribution >= 4 is 21.9 Å². The fourth-order valence-corrected chi connectivity index (χ4v) is 0.408. The summed E-state index contributed by atoms with van der Waals surface area (Å²) in [6.45, 7) is -0.825. The molecule has 5 nitrogen and oxygen atoms in total. The molecule has 10 heavy (non-hydrogen) atoms. The lowest BCUT2D eigenvalue weighted by Gasteiger charge is -2.19. The van der Waals surface area contributed by atoms with Crippen LogP contribution in [0.5, 0.6) is 0 Å². The van der Waals surface area contributed by atoms with Gasteiger partial charge in [-0.1, -0.05) is 0 Å². The third-order valence-corrected chi connectivity index (χ3v) is 1.78. The standard InChI is InChI=1S/C4H7BrO5/c5-4(10,3(8)9)2(7)1-6/h2,6-7,10H,1H2,(H,8,9). The van der Waals surface area contributed by atoms with E-state index in [0.29, 0.717) is 0 Å². The first-order chi connectivity index (χ1) is 4.42. The van der Waals surface area contributed by atoms with Gasteiger partial charge in [-0.2, -0.15) is 0 Å². The van der Waals surface area contributed by atoms with Gasteiger partial charge in [0.25, 0.3) is 0 Å². The quantitative estimate of drug-likeness (QED) is 0.430. The lowest BCUT2D eigenvalue weighted by atomic mass is 10.2. The highest BCUT2D eigenvalue weighted by Gasteiger charge is 2.40. The van der Waals surface area contributed by atoms with Gasteiger partial charge in [0.15, 0.2) is 0 Å². The van der Waals surface area contributed by atoms with E-state index in [1.807, 2.05) is 0 Å². The van der Waals surface area contributed by atoms with E-state index in [1.54, 1.807) is 0 Å². The minimum absolute atomic E-state index is 0.825. The maximum atomic E-state index is 10.1. The third kappa shape index (κ3) is 1.91. The minimum Gasteiger partial charge on any atom is -0.478 e. The molecule has 2 atom stereocenters. The summed E-state index contributed by atoms with van der Waals surface area (Å²) in [5.74, 6) is -1.64. The van der Waals surface area contributed by atoms with Crippen LogP contribution in [-0.4, -0.2) is 43.6 Å². The van der Waals surface area contributed by atoms with E-state index in [9.17, 15) is 4.79 Å². The molecule has 0 spiro atoms. The molecule has 0 aliphatic heterocycles. The molecule has 0 amide bonds. The monoisotopic (exact) mass is 214 g/mol. The second-order valence-electron chi connectivity index (χ2n) is 1.68. The highest BCUT2D eigenvalue weighted by molar-refractivity contribution is 9.10. The molecule has 2 unspecified atom stereocenters. The number of aliphatic hydroxyl groups is 3. The second kappa shape index (κ2) is 3.29. The van der Waals surface area contributed by atoms with Crippen molar-refractivity contribution in [1.82, 2.24) is 0 Å². The van der Waals surface area contributed by atoms with Crippen LogP contribution >= 0.6 is 15.9 Å². The number of aliphatic hydroxyl groups excluding tert-OH is 2. The Balaban J connectivity index is 4.23. The van der Waals surface area contributed by atoms with Crippen molar-refractivity contribution in [3.05, 3.63) is 0 Å². The van der Waals surface area contributed by atoms with E-state index in [0.717, 1.165) is 0 Å². The zero-order valence-electron chi connectivity index (χ0n) is 4.86. The Hall–Kier alpha value is -0.170. The van der Waals surface area contributed by atoms with Crippen LogP contribution < -0.4 is 0 Å². The van der Waals surface area contributed by atoms with Gasteiger partial charge in [0.2, 0.25) is 4.51 Å². The SMILES string of the molecule is O=C(O)C(O)(Br)C(O)CO. The normalized spacial score (nSPS) is 19.6. The number of rotatable bonds is 3. The molecule has 0 saturated carbocycles. The fraction of sp³-hybridized carbons (Fsp3) is 0.750. The summed E-state index contributed by atoms with van der Waals surface area (Å²) < 4.78 is -2.46. The smallest absolute Gasteiger partial charge is 0.349 e. The average molecular weight is 215 g/mol. The van der Waals surface area contributed by atoms with Crippen molar-refractivity contribution in [3.63, 3.8) is 0 Å². The highest BCUT2D eigenvalue weighted by atomic mass is 79.9. The molecule has 0 aromatic carbocycles. The molecule has 6 heteroatoms. The maximum absolute atomic E-state index is 10.1. The third-order valence-electron chi connectivity index (χ3n) is 0.914. The Bertz CT molecular complexity index is 134. The summed E-state index contributed by atoms with van der Waals surface area (Å²) in [7, 11) is 0. The van der Waals surface area contributed by atoms with Gasteiger partial charge in [-0.15, -0.1) is 0 Å². The van der Waals surface area contributed by atoms with Gasteiger partial charge in [-0.05, 0) is 15.9 Å². The van der Waals surface area contributed by atoms with E-state index in [1.165, 1.54) is 0 Å². The van der Waals surface area contributed by atoms with Gasteiger partial charge in [-0.3, -0.25) is 0 Å². The van der Waals surface area contributed by atoms with Crippen LogP contribution in [0.2, 0.25) is 0 Å². The summed E-state index contributed by atoms with van der Waals surface area (Å²) in [6, 6.07) is 0. The van der Waals surface area contributed by atoms with Crippen LogP contribution in [0.1, 0.15) is 0 Å². The molecule has 0 aliphatic carbocycles. The number of halogens is 1. The fourth-order valence-electron chi connectivity index (χ4n) is 0.264. The van der Waals surface area contributed by atoms with Crippen LogP contribution in [0, 0.1) is 0 Å². The molecule has 0 saturated heterocycles. The lowest BCUT2D eigenvalue weighted by molar-refractivity contribution is -0.158. The average Bonchev–Trinajstić information content (AvgIpc) is 1.86. The predicted octanol–water partition coefficient (Wildman–Crippen LogP) is -1.49. The van der Waals surface area contributed by atoms with Crippen LogP contribution in [0.4, 0.5) is 0 Å². The van der Waals surface area contributed by atoms with Crippen molar-refractivity contribution < 1.29 is 25.2 Å². The zero-order valence-corrected chi connectivity index (χ0v) is 6.45. The molecule has 0 bridgehead atoms. The summed E-state index contributed by atoms with van der Waals surface area (Å²) in [4.78, 5) is 10.1. The molecular weight excluding hydrogens is 208 g/mol. The topological polar surface area (TPSA) is 98.0 Å². The van der Waals surface area contributed by atoms with Gasteiger partial charge in [0.1, 0.15) is 6.10 Å². The second-order valence-corrected chi connectivity index (χ2v) is 2.89. The van der Waals surface area contributed by atoms with E-state index in [2.05, 4.69) is 15.9 Å². The number of carboxylic acids is 1. The van der Waals surface area contributed by atoms with Gasteiger partial charge in [-0.25, -0.2) is 4.79 Å². The van der Waals surface area contributed by atoms with Crippen molar-refractivity contribution in [2.45, 2.75) is 10.6 Å². The molecule has 0 aliphatic rings. The molecule has 0 aromatic rings. The van der Waals surface area contributed by atoms with Gasteiger partial charge in [0.05, 0.1) is 6.61 Å². The molecule has 0 fully saturated rings. The van der Waals surface area contributed by atoms with Crippen LogP contribution in [0.25, 0.3) is 0 Å². The van der Waals surface area contributed by atoms with Crippen molar-refractivity contribution in [3.8, 4) is 0 Å². The van der Waals surface area contributed by atoms with Crippen molar-refractivity contribution in [1.29, 1.82) is 0 Å². The van der Waals surface area contributed by atoms with E-state index in [4.69, 9.17) is 20.4 Å². The summed E-state index contributed by atoms with van der Waals surface area (Å²) in [5, 5.41) is 33.8. The molecular formula is C4H7BrO5. The molecule has 4 N–H and O–H groups in total. The molecule has 60 valence electrons. The first-order valence-electron chi connectivity index (χ1n) is 2.36. The van der Waals surface area contributed by atoms with E-state index in [-0.39, 0.29) is 0 Å². The van der Waals surface area contributed by atoms with E-state index >= 15 is 0 Å². The Morgan fingerprint density at radius 1 is 1.70 bits per heavy atom. The minimum atomic E-state index is -2.46. The Morgan fingerprint density at radius 3 is 2.20 bits per heavy atom. The van der Waals surface area contributed by atoms with E-state index < -0.39 is 23.2 Å². The number of hydrogen-bond donors (Lipinski definition) is 4. The number of hydrogen-bond acceptors (Lipinski definition) is 4.